The third kappa shape index (κ3) is 4.67. The number of nitrogens with zero attached hydrogens (tertiary/aromatic N) is 1. The van der Waals surface area contributed by atoms with Crippen molar-refractivity contribution in [3.63, 3.8) is 0 Å². The molecule has 1 amide bonds. The predicted octanol–water partition coefficient (Wildman–Crippen LogP) is 5.80. The second-order valence-corrected chi connectivity index (χ2v) is 9.08. The van der Waals surface area contributed by atoms with Crippen molar-refractivity contribution in [1.29, 1.82) is 0 Å². The van der Waals surface area contributed by atoms with Crippen molar-refractivity contribution >= 4 is 29.1 Å². The number of carbonyl (C=O) groups is 3. The molecule has 1 aliphatic rings. The smallest absolute Gasteiger partial charge is 0.338 e. The number of aliphatic hydroxyl groups excluding tert-OH is 1. The minimum Gasteiger partial charge on any atom is -0.507 e. The van der Waals surface area contributed by atoms with Crippen LogP contribution in [-0.4, -0.2) is 29.4 Å². The van der Waals surface area contributed by atoms with E-state index in [0.717, 1.165) is 16.7 Å². The van der Waals surface area contributed by atoms with E-state index >= 15 is 0 Å². The summed E-state index contributed by atoms with van der Waals surface area (Å²) in [5.41, 5.74) is 4.72. The summed E-state index contributed by atoms with van der Waals surface area (Å²) in [6.07, 6.45) is 0.714. The van der Waals surface area contributed by atoms with Gasteiger partial charge in [0.2, 0.25) is 0 Å². The maximum atomic E-state index is 13.4. The van der Waals surface area contributed by atoms with Gasteiger partial charge in [-0.05, 0) is 68.7 Å². The first kappa shape index (κ1) is 24.9. The van der Waals surface area contributed by atoms with Crippen molar-refractivity contribution in [3.05, 3.63) is 106 Å². The zero-order valence-corrected chi connectivity index (χ0v) is 20.9. The van der Waals surface area contributed by atoms with Crippen molar-refractivity contribution in [3.8, 4) is 0 Å². The molecule has 1 N–H and O–H groups in total. The lowest BCUT2D eigenvalue weighted by Gasteiger charge is -2.26. The molecule has 6 heteroatoms. The first-order valence-electron chi connectivity index (χ1n) is 11.9. The average molecular weight is 484 g/mol. The van der Waals surface area contributed by atoms with E-state index in [2.05, 4.69) is 0 Å². The van der Waals surface area contributed by atoms with Crippen LogP contribution >= 0.6 is 0 Å². The number of amides is 1. The molecule has 0 aliphatic carbocycles. The van der Waals surface area contributed by atoms with E-state index in [1.54, 1.807) is 24.3 Å². The number of benzene rings is 3. The van der Waals surface area contributed by atoms with Gasteiger partial charge >= 0.3 is 5.97 Å². The number of ether oxygens (including phenoxy) is 1. The second-order valence-electron chi connectivity index (χ2n) is 9.08. The molecule has 1 atom stereocenters. The Labute approximate surface area is 210 Å². The number of hydrogen-bond donors (Lipinski definition) is 1. The summed E-state index contributed by atoms with van der Waals surface area (Å²) in [7, 11) is 0. The molecular weight excluding hydrogens is 454 g/mol. The van der Waals surface area contributed by atoms with Crippen LogP contribution in [0, 0.1) is 20.8 Å². The van der Waals surface area contributed by atoms with Crippen LogP contribution < -0.4 is 4.90 Å². The Morgan fingerprint density at radius 3 is 2.31 bits per heavy atom. The van der Waals surface area contributed by atoms with Gasteiger partial charge in [0, 0.05) is 11.3 Å². The van der Waals surface area contributed by atoms with Crippen molar-refractivity contribution in [2.24, 2.45) is 0 Å². The van der Waals surface area contributed by atoms with Crippen LogP contribution in [0.1, 0.15) is 57.6 Å². The van der Waals surface area contributed by atoms with Crippen LogP contribution in [0.2, 0.25) is 0 Å². The molecule has 1 heterocycles. The third-order valence-electron chi connectivity index (χ3n) is 6.27. The molecule has 0 saturated carbocycles. The Morgan fingerprint density at radius 2 is 1.64 bits per heavy atom. The topological polar surface area (TPSA) is 83.9 Å². The Balaban J connectivity index is 1.86. The van der Waals surface area contributed by atoms with Crippen molar-refractivity contribution < 1.29 is 24.2 Å². The van der Waals surface area contributed by atoms with E-state index in [4.69, 9.17) is 4.74 Å². The monoisotopic (exact) mass is 483 g/mol. The highest BCUT2D eigenvalue weighted by Gasteiger charge is 2.47. The largest absolute Gasteiger partial charge is 0.507 e. The number of hydrogen-bond acceptors (Lipinski definition) is 5. The summed E-state index contributed by atoms with van der Waals surface area (Å²) < 4.78 is 5.19. The van der Waals surface area contributed by atoms with E-state index in [1.807, 2.05) is 70.2 Å². The maximum absolute atomic E-state index is 13.4. The van der Waals surface area contributed by atoms with Gasteiger partial charge in [0.1, 0.15) is 5.76 Å². The molecular formula is C30H29NO5. The standard InChI is InChI=1S/C30H29NO5/c1-5-15-36-30(35)21-11-13-23(14-12-21)31-26(22-8-6-7-18(2)16-22)25(28(33)29(31)34)27(32)24-17-19(3)9-10-20(24)4/h6-14,16-17,26,32H,5,15H2,1-4H3/b27-25+. The van der Waals surface area contributed by atoms with E-state index in [1.165, 1.54) is 4.90 Å². The zero-order valence-electron chi connectivity index (χ0n) is 20.9. The molecule has 0 spiro atoms. The third-order valence-corrected chi connectivity index (χ3v) is 6.27. The van der Waals surface area contributed by atoms with Crippen LogP contribution in [0.4, 0.5) is 5.69 Å². The van der Waals surface area contributed by atoms with Crippen molar-refractivity contribution in [2.75, 3.05) is 11.5 Å². The Kier molecular flexibility index (Phi) is 7.06. The molecule has 1 aliphatic heterocycles. The van der Waals surface area contributed by atoms with Gasteiger partial charge in [-0.2, -0.15) is 0 Å². The zero-order chi connectivity index (χ0) is 26.0. The molecule has 4 rings (SSSR count). The van der Waals surface area contributed by atoms with Crippen molar-refractivity contribution in [2.45, 2.75) is 40.2 Å². The molecule has 0 aromatic heterocycles. The molecule has 0 radical (unpaired) electrons. The highest BCUT2D eigenvalue weighted by Crippen LogP contribution is 2.42. The quantitative estimate of drug-likeness (QED) is 0.207. The fourth-order valence-corrected chi connectivity index (χ4v) is 4.43. The minimum atomic E-state index is -0.831. The molecule has 3 aromatic carbocycles. The lowest BCUT2D eigenvalue weighted by atomic mass is 9.92. The normalized spacial score (nSPS) is 16.9. The van der Waals surface area contributed by atoms with Gasteiger partial charge in [-0.1, -0.05) is 54.4 Å². The lowest BCUT2D eigenvalue weighted by molar-refractivity contribution is -0.132. The molecule has 184 valence electrons. The lowest BCUT2D eigenvalue weighted by Crippen LogP contribution is -2.29. The molecule has 0 bridgehead atoms. The Morgan fingerprint density at radius 1 is 0.944 bits per heavy atom. The van der Waals surface area contributed by atoms with Crippen LogP contribution in [-0.2, 0) is 14.3 Å². The summed E-state index contributed by atoms with van der Waals surface area (Å²) in [6.45, 7) is 7.91. The first-order chi connectivity index (χ1) is 17.2. The van der Waals surface area contributed by atoms with Crippen molar-refractivity contribution in [1.82, 2.24) is 0 Å². The van der Waals surface area contributed by atoms with E-state index in [9.17, 15) is 19.5 Å². The minimum absolute atomic E-state index is 0.0331. The van der Waals surface area contributed by atoms with Gasteiger partial charge in [-0.15, -0.1) is 0 Å². The van der Waals surface area contributed by atoms with Gasteiger partial charge in [0.05, 0.1) is 23.8 Å². The Bertz CT molecular complexity index is 1370. The molecule has 3 aromatic rings. The summed E-state index contributed by atoms with van der Waals surface area (Å²) >= 11 is 0. The molecule has 36 heavy (non-hydrogen) atoms. The van der Waals surface area contributed by atoms with E-state index < -0.39 is 23.7 Å². The van der Waals surface area contributed by atoms with Gasteiger partial charge in [-0.25, -0.2) is 4.79 Å². The highest BCUT2D eigenvalue weighted by atomic mass is 16.5. The Hall–Kier alpha value is -4.19. The first-order valence-corrected chi connectivity index (χ1v) is 11.9. The number of Topliss-reactive ketones (excluding diaryl/α,β-unsaturated/α-hetero) is 1. The number of rotatable bonds is 6. The molecule has 1 unspecified atom stereocenters. The van der Waals surface area contributed by atoms with Gasteiger partial charge in [0.15, 0.2) is 0 Å². The summed E-state index contributed by atoms with van der Waals surface area (Å²) in [5.74, 6) is -2.15. The van der Waals surface area contributed by atoms with Crippen LogP contribution in [0.5, 0.6) is 0 Å². The van der Waals surface area contributed by atoms with Gasteiger partial charge in [0.25, 0.3) is 11.7 Å². The summed E-state index contributed by atoms with van der Waals surface area (Å²) in [5, 5.41) is 11.4. The number of carbonyl (C=O) groups excluding carboxylic acids is 3. The van der Waals surface area contributed by atoms with E-state index in [-0.39, 0.29) is 11.3 Å². The molecule has 1 fully saturated rings. The molecule has 6 nitrogen and oxygen atoms in total. The number of anilines is 1. The molecule has 1 saturated heterocycles. The number of aryl methyl sites for hydroxylation is 3. The number of aliphatic hydroxyl groups is 1. The van der Waals surface area contributed by atoms with Crippen LogP contribution in [0.25, 0.3) is 5.76 Å². The summed E-state index contributed by atoms with van der Waals surface area (Å²) in [6, 6.07) is 18.7. The summed E-state index contributed by atoms with van der Waals surface area (Å²) in [4.78, 5) is 40.4. The van der Waals surface area contributed by atoms with Gasteiger partial charge in [-0.3, -0.25) is 14.5 Å². The number of esters is 1. The fourth-order valence-electron chi connectivity index (χ4n) is 4.43. The average Bonchev–Trinajstić information content (AvgIpc) is 3.14. The SMILES string of the molecule is CCCOC(=O)c1ccc(N2C(=O)C(=O)/C(=C(/O)c3cc(C)ccc3C)C2c2cccc(C)c2)cc1. The predicted molar refractivity (Wildman–Crippen MR) is 139 cm³/mol. The van der Waals surface area contributed by atoms with Crippen LogP contribution in [0.15, 0.2) is 72.3 Å². The highest BCUT2D eigenvalue weighted by molar-refractivity contribution is 6.51. The van der Waals surface area contributed by atoms with Crippen LogP contribution in [0.3, 0.4) is 0 Å². The second kappa shape index (κ2) is 10.2. The maximum Gasteiger partial charge on any atom is 0.338 e. The number of ketones is 1. The van der Waals surface area contributed by atoms with E-state index in [0.29, 0.717) is 35.4 Å². The fraction of sp³-hybridized carbons (Fsp3) is 0.233. The van der Waals surface area contributed by atoms with Gasteiger partial charge < -0.3 is 9.84 Å².